The Morgan fingerprint density at radius 1 is 1.17 bits per heavy atom. The van der Waals surface area contributed by atoms with Gasteiger partial charge in [-0.3, -0.25) is 9.59 Å². The molecule has 220 valence electrons. The number of pyridine rings is 1. The third-order valence-corrected chi connectivity index (χ3v) is 7.47. The Morgan fingerprint density at radius 2 is 1.98 bits per heavy atom. The number of benzene rings is 2. The zero-order valence-electron chi connectivity index (χ0n) is 23.9. The van der Waals surface area contributed by atoms with Gasteiger partial charge in [0.05, 0.1) is 29.0 Å². The maximum atomic E-state index is 16.4. The van der Waals surface area contributed by atoms with Crippen LogP contribution in [0.5, 0.6) is 5.88 Å². The number of carbonyl (C=O) groups excluding carboxylic acids is 2. The molecule has 1 atom stereocenters. The number of nitriles is 1. The van der Waals surface area contributed by atoms with Crippen LogP contribution in [-0.2, 0) is 0 Å². The first kappa shape index (κ1) is 30.8. The fraction of sp³-hybridized carbons (Fsp3) is 0.355. The lowest BCUT2D eigenvalue weighted by atomic mass is 9.98. The van der Waals surface area contributed by atoms with Gasteiger partial charge in [0, 0.05) is 61.1 Å². The Morgan fingerprint density at radius 3 is 2.69 bits per heavy atom. The van der Waals surface area contributed by atoms with E-state index in [-0.39, 0.29) is 40.1 Å². The van der Waals surface area contributed by atoms with Gasteiger partial charge in [-0.15, -0.1) is 0 Å². The van der Waals surface area contributed by atoms with Crippen molar-refractivity contribution in [3.05, 3.63) is 76.2 Å². The molecule has 1 aromatic heterocycles. The number of rotatable bonds is 10. The molecule has 0 unspecified atom stereocenters. The van der Waals surface area contributed by atoms with Gasteiger partial charge in [-0.1, -0.05) is 18.5 Å². The maximum absolute atomic E-state index is 16.4. The molecule has 11 heteroatoms. The molecular formula is C31H34ClFN6O3. The average Bonchev–Trinajstić information content (AvgIpc) is 3.00. The molecule has 2 heterocycles. The van der Waals surface area contributed by atoms with E-state index < -0.39 is 11.7 Å². The van der Waals surface area contributed by atoms with Crippen LogP contribution in [0.4, 0.5) is 10.1 Å². The predicted molar refractivity (Wildman–Crippen MR) is 161 cm³/mol. The molecule has 0 bridgehead atoms. The highest BCUT2D eigenvalue weighted by Gasteiger charge is 2.34. The van der Waals surface area contributed by atoms with Gasteiger partial charge in [-0.05, 0) is 62.9 Å². The first-order chi connectivity index (χ1) is 20.3. The first-order valence-electron chi connectivity index (χ1n) is 13.9. The van der Waals surface area contributed by atoms with Crippen molar-refractivity contribution in [2.24, 2.45) is 0 Å². The number of nitrogens with one attached hydrogen (secondary N) is 2. The van der Waals surface area contributed by atoms with Crippen molar-refractivity contribution in [3.63, 3.8) is 0 Å². The minimum absolute atomic E-state index is 0.0717. The zero-order chi connectivity index (χ0) is 30.2. The molecule has 1 saturated heterocycles. The van der Waals surface area contributed by atoms with Crippen molar-refractivity contribution in [2.75, 3.05) is 51.3 Å². The molecule has 1 fully saturated rings. The highest BCUT2D eigenvalue weighted by atomic mass is 35.5. The summed E-state index contributed by atoms with van der Waals surface area (Å²) in [7, 11) is 1.77. The van der Waals surface area contributed by atoms with Crippen molar-refractivity contribution in [2.45, 2.75) is 26.3 Å². The van der Waals surface area contributed by atoms with Crippen LogP contribution in [0.15, 0.2) is 48.7 Å². The molecule has 1 aliphatic heterocycles. The monoisotopic (exact) mass is 592 g/mol. The summed E-state index contributed by atoms with van der Waals surface area (Å²) in [5.41, 5.74) is 1.53. The zero-order valence-corrected chi connectivity index (χ0v) is 24.7. The highest BCUT2D eigenvalue weighted by Crippen LogP contribution is 2.37. The number of hydrogen-bond acceptors (Lipinski definition) is 7. The number of hydrogen-bond donors (Lipinski definition) is 2. The summed E-state index contributed by atoms with van der Waals surface area (Å²) in [4.78, 5) is 34.8. The van der Waals surface area contributed by atoms with Gasteiger partial charge < -0.3 is 25.2 Å². The SMILES string of the molecule is CCOc1ncccc1-c1ccc(N2CCN(C(=O)c3ccc(Cl)cc3C#N)C[C@H]2CC)c(C(=O)NCCNC)c1F. The van der Waals surface area contributed by atoms with Crippen molar-refractivity contribution in [3.8, 4) is 23.1 Å². The number of anilines is 1. The van der Waals surface area contributed by atoms with Gasteiger partial charge in [-0.2, -0.15) is 5.26 Å². The molecule has 0 radical (unpaired) electrons. The van der Waals surface area contributed by atoms with E-state index in [9.17, 15) is 14.9 Å². The smallest absolute Gasteiger partial charge is 0.256 e. The molecule has 42 heavy (non-hydrogen) atoms. The summed E-state index contributed by atoms with van der Waals surface area (Å²) in [6, 6.07) is 13.3. The van der Waals surface area contributed by atoms with E-state index in [0.29, 0.717) is 62.0 Å². The number of aromatic nitrogens is 1. The molecule has 2 amide bonds. The number of piperazine rings is 1. The summed E-state index contributed by atoms with van der Waals surface area (Å²) in [5, 5.41) is 15.7. The van der Waals surface area contributed by atoms with Crippen LogP contribution in [0.3, 0.4) is 0 Å². The summed E-state index contributed by atoms with van der Waals surface area (Å²) in [6.07, 6.45) is 2.21. The fourth-order valence-corrected chi connectivity index (χ4v) is 5.31. The summed E-state index contributed by atoms with van der Waals surface area (Å²) >= 11 is 6.03. The number of halogens is 2. The third kappa shape index (κ3) is 6.48. The molecule has 3 aromatic rings. The van der Waals surface area contributed by atoms with E-state index in [1.54, 1.807) is 54.5 Å². The quantitative estimate of drug-likeness (QED) is 0.334. The van der Waals surface area contributed by atoms with Crippen LogP contribution < -0.4 is 20.3 Å². The number of ether oxygens (including phenoxy) is 1. The molecule has 0 aliphatic carbocycles. The van der Waals surface area contributed by atoms with Crippen LogP contribution in [-0.4, -0.2) is 74.1 Å². The highest BCUT2D eigenvalue weighted by molar-refractivity contribution is 6.30. The third-order valence-electron chi connectivity index (χ3n) is 7.23. The lowest BCUT2D eigenvalue weighted by Crippen LogP contribution is -2.55. The largest absolute Gasteiger partial charge is 0.478 e. The van der Waals surface area contributed by atoms with Gasteiger partial charge in [0.15, 0.2) is 0 Å². The average molecular weight is 593 g/mol. The Hall–Kier alpha value is -4.20. The van der Waals surface area contributed by atoms with Crippen molar-refractivity contribution >= 4 is 29.1 Å². The van der Waals surface area contributed by atoms with E-state index in [1.807, 2.05) is 24.8 Å². The molecule has 2 N–H and O–H groups in total. The summed E-state index contributed by atoms with van der Waals surface area (Å²) < 4.78 is 22.1. The normalized spacial score (nSPS) is 14.8. The van der Waals surface area contributed by atoms with Crippen LogP contribution >= 0.6 is 11.6 Å². The summed E-state index contributed by atoms with van der Waals surface area (Å²) in [6.45, 7) is 6.03. The lowest BCUT2D eigenvalue weighted by molar-refractivity contribution is 0.0719. The Balaban J connectivity index is 1.71. The predicted octanol–water partition coefficient (Wildman–Crippen LogP) is 4.50. The molecule has 2 aromatic carbocycles. The topological polar surface area (TPSA) is 111 Å². The maximum Gasteiger partial charge on any atom is 0.256 e. The van der Waals surface area contributed by atoms with E-state index in [0.717, 1.165) is 0 Å². The van der Waals surface area contributed by atoms with E-state index in [1.165, 1.54) is 6.07 Å². The Kier molecular flexibility index (Phi) is 10.3. The second-order valence-corrected chi connectivity index (χ2v) is 10.2. The van der Waals surface area contributed by atoms with E-state index >= 15 is 4.39 Å². The molecule has 0 spiro atoms. The van der Waals surface area contributed by atoms with Gasteiger partial charge in [0.1, 0.15) is 11.9 Å². The second-order valence-electron chi connectivity index (χ2n) is 9.78. The van der Waals surface area contributed by atoms with Gasteiger partial charge in [0.2, 0.25) is 5.88 Å². The van der Waals surface area contributed by atoms with Crippen LogP contribution in [0, 0.1) is 17.1 Å². The molecule has 0 saturated carbocycles. The number of amides is 2. The second kappa shape index (κ2) is 14.1. The minimum Gasteiger partial charge on any atom is -0.478 e. The Labute approximate surface area is 250 Å². The van der Waals surface area contributed by atoms with Gasteiger partial charge >= 0.3 is 0 Å². The molecule has 1 aliphatic rings. The van der Waals surface area contributed by atoms with Crippen molar-refractivity contribution in [1.29, 1.82) is 5.26 Å². The Bertz CT molecular complexity index is 1490. The summed E-state index contributed by atoms with van der Waals surface area (Å²) in [5.74, 6) is -1.19. The van der Waals surface area contributed by atoms with E-state index in [2.05, 4.69) is 15.6 Å². The number of likely N-dealkylation sites (N-methyl/N-ethyl adjacent to an activating group) is 1. The van der Waals surface area contributed by atoms with E-state index in [4.69, 9.17) is 16.3 Å². The number of nitrogens with zero attached hydrogens (tertiary/aromatic N) is 4. The van der Waals surface area contributed by atoms with Crippen LogP contribution in [0.1, 0.15) is 46.5 Å². The van der Waals surface area contributed by atoms with Gasteiger partial charge in [0.25, 0.3) is 11.8 Å². The van der Waals surface area contributed by atoms with Crippen LogP contribution in [0.25, 0.3) is 11.1 Å². The van der Waals surface area contributed by atoms with Crippen molar-refractivity contribution < 1.29 is 18.7 Å². The fourth-order valence-electron chi connectivity index (χ4n) is 5.14. The lowest BCUT2D eigenvalue weighted by Gasteiger charge is -2.43. The minimum atomic E-state index is -0.670. The standard InChI is InChI=1S/C31H34ClFN6O3/c1-4-22-19-38(31(41)23-9-8-21(32)17-20(23)18-34)15-16-39(22)26-11-10-24(25-7-6-12-37-30(25)42-5-2)28(33)27(26)29(40)36-14-13-35-3/h6-12,17,22,35H,4-5,13-16,19H2,1-3H3,(H,36,40)/t22-/m1/s1. The van der Waals surface area contributed by atoms with Crippen molar-refractivity contribution in [1.82, 2.24) is 20.5 Å². The van der Waals surface area contributed by atoms with Crippen LogP contribution in [0.2, 0.25) is 5.02 Å². The van der Waals surface area contributed by atoms with Gasteiger partial charge in [-0.25, -0.2) is 9.37 Å². The first-order valence-corrected chi connectivity index (χ1v) is 14.3. The number of carbonyl (C=O) groups is 2. The molecule has 4 rings (SSSR count). The molecule has 9 nitrogen and oxygen atoms in total. The molecular weight excluding hydrogens is 559 g/mol.